The molecule has 170 valence electrons. The summed E-state index contributed by atoms with van der Waals surface area (Å²) in [7, 11) is 1.68. The van der Waals surface area contributed by atoms with E-state index in [-0.39, 0.29) is 0 Å². The number of guanidine groups is 1. The third-order valence-corrected chi connectivity index (χ3v) is 5.47. The summed E-state index contributed by atoms with van der Waals surface area (Å²) >= 11 is 0. The first-order chi connectivity index (χ1) is 15.2. The fourth-order valence-corrected chi connectivity index (χ4v) is 3.50. The van der Waals surface area contributed by atoms with E-state index < -0.39 is 0 Å². The van der Waals surface area contributed by atoms with E-state index in [9.17, 15) is 0 Å². The zero-order valence-electron chi connectivity index (χ0n) is 18.9. The molecule has 2 heterocycles. The smallest absolute Gasteiger partial charge is 0.191 e. The number of rotatable bonds is 10. The van der Waals surface area contributed by atoms with Gasteiger partial charge in [0, 0.05) is 45.2 Å². The highest BCUT2D eigenvalue weighted by atomic mass is 16.5. The highest BCUT2D eigenvalue weighted by Gasteiger charge is 2.17. The summed E-state index contributed by atoms with van der Waals surface area (Å²) in [4.78, 5) is 7.24. The van der Waals surface area contributed by atoms with Crippen LogP contribution in [-0.2, 0) is 24.2 Å². The Labute approximate surface area is 184 Å². The lowest BCUT2D eigenvalue weighted by molar-refractivity contribution is 0.0211. The summed E-state index contributed by atoms with van der Waals surface area (Å²) in [5.74, 6) is 2.65. The van der Waals surface area contributed by atoms with Crippen LogP contribution in [0.15, 0.2) is 35.6 Å². The lowest BCUT2D eigenvalue weighted by atomic mass is 10.2. The molecular formula is C22H35N7O2. The maximum atomic E-state index is 5.47. The fourth-order valence-electron chi connectivity index (χ4n) is 3.50. The molecule has 1 fully saturated rings. The van der Waals surface area contributed by atoms with Crippen LogP contribution in [0, 0.1) is 0 Å². The molecule has 0 aliphatic carbocycles. The number of morpholine rings is 1. The van der Waals surface area contributed by atoms with E-state index in [1.54, 1.807) is 13.4 Å². The number of aliphatic imine (C=N–C) groups is 1. The molecule has 1 aromatic heterocycles. The minimum atomic E-state index is 0.404. The van der Waals surface area contributed by atoms with E-state index in [2.05, 4.69) is 44.1 Å². The average molecular weight is 430 g/mol. The number of hydrogen-bond acceptors (Lipinski definition) is 6. The van der Waals surface area contributed by atoms with Gasteiger partial charge in [0.2, 0.25) is 0 Å². The molecule has 9 nitrogen and oxygen atoms in total. The number of aryl methyl sites for hydroxylation is 1. The third kappa shape index (κ3) is 7.22. The van der Waals surface area contributed by atoms with Gasteiger partial charge in [-0.25, -0.2) is 4.99 Å². The van der Waals surface area contributed by atoms with E-state index in [4.69, 9.17) is 14.5 Å². The van der Waals surface area contributed by atoms with Crippen molar-refractivity contribution < 1.29 is 9.47 Å². The molecule has 31 heavy (non-hydrogen) atoms. The maximum Gasteiger partial charge on any atom is 0.191 e. The maximum absolute atomic E-state index is 5.47. The van der Waals surface area contributed by atoms with Crippen molar-refractivity contribution in [1.29, 1.82) is 0 Å². The summed E-state index contributed by atoms with van der Waals surface area (Å²) in [5.41, 5.74) is 1.13. The van der Waals surface area contributed by atoms with Crippen LogP contribution in [0.2, 0.25) is 0 Å². The molecule has 3 rings (SSSR count). The highest BCUT2D eigenvalue weighted by Crippen LogP contribution is 2.12. The van der Waals surface area contributed by atoms with Crippen molar-refractivity contribution in [2.75, 3.05) is 46.5 Å². The molecule has 1 atom stereocenters. The topological polar surface area (TPSA) is 88.8 Å². The largest absolute Gasteiger partial charge is 0.497 e. The Morgan fingerprint density at radius 3 is 2.71 bits per heavy atom. The molecule has 1 unspecified atom stereocenters. The molecule has 0 radical (unpaired) electrons. The first kappa shape index (κ1) is 23.0. The molecule has 0 saturated carbocycles. The fraction of sp³-hybridized carbons (Fsp3) is 0.591. The van der Waals surface area contributed by atoms with Gasteiger partial charge in [-0.05, 0) is 24.6 Å². The van der Waals surface area contributed by atoms with Crippen LogP contribution in [0.25, 0.3) is 0 Å². The Morgan fingerprint density at radius 2 is 2.00 bits per heavy atom. The summed E-state index contributed by atoms with van der Waals surface area (Å²) in [6.45, 7) is 10.8. The molecule has 2 N–H and O–H groups in total. The second kappa shape index (κ2) is 12.3. The number of methoxy groups -OCH3 is 1. The van der Waals surface area contributed by atoms with Crippen molar-refractivity contribution in [1.82, 2.24) is 30.3 Å². The Bertz CT molecular complexity index is 800. The SMILES string of the molecule is CCc1nncn1CCNC(=NCc1ccc(OC)cc1)NCC(C)N1CCOCC1. The van der Waals surface area contributed by atoms with E-state index in [1.807, 2.05) is 24.3 Å². The zero-order valence-corrected chi connectivity index (χ0v) is 18.9. The van der Waals surface area contributed by atoms with Gasteiger partial charge in [-0.3, -0.25) is 4.90 Å². The molecule has 1 aliphatic heterocycles. The van der Waals surface area contributed by atoms with Crippen molar-refractivity contribution in [3.8, 4) is 5.75 Å². The number of nitrogens with zero attached hydrogens (tertiary/aromatic N) is 5. The molecule has 1 saturated heterocycles. The molecule has 1 aromatic carbocycles. The first-order valence-corrected chi connectivity index (χ1v) is 11.0. The minimum absolute atomic E-state index is 0.404. The third-order valence-electron chi connectivity index (χ3n) is 5.47. The van der Waals surface area contributed by atoms with Crippen LogP contribution < -0.4 is 15.4 Å². The number of nitrogens with one attached hydrogen (secondary N) is 2. The van der Waals surface area contributed by atoms with Crippen LogP contribution in [0.4, 0.5) is 0 Å². The molecule has 0 bridgehead atoms. The van der Waals surface area contributed by atoms with Crippen LogP contribution in [-0.4, -0.2) is 78.2 Å². The van der Waals surface area contributed by atoms with Gasteiger partial charge in [0.25, 0.3) is 0 Å². The van der Waals surface area contributed by atoms with Gasteiger partial charge < -0.3 is 24.7 Å². The number of benzene rings is 1. The van der Waals surface area contributed by atoms with Gasteiger partial charge in [-0.2, -0.15) is 0 Å². The number of aromatic nitrogens is 3. The minimum Gasteiger partial charge on any atom is -0.497 e. The molecule has 1 aliphatic rings. The van der Waals surface area contributed by atoms with E-state index in [1.165, 1.54) is 0 Å². The predicted molar refractivity (Wildman–Crippen MR) is 121 cm³/mol. The number of ether oxygens (including phenoxy) is 2. The second-order valence-electron chi connectivity index (χ2n) is 7.61. The van der Waals surface area contributed by atoms with E-state index in [0.717, 1.165) is 75.5 Å². The van der Waals surface area contributed by atoms with Crippen molar-refractivity contribution >= 4 is 5.96 Å². The summed E-state index contributed by atoms with van der Waals surface area (Å²) in [5, 5.41) is 15.1. The average Bonchev–Trinajstić information content (AvgIpc) is 3.28. The van der Waals surface area contributed by atoms with Crippen molar-refractivity contribution in [2.45, 2.75) is 39.4 Å². The standard InChI is InChI=1S/C22H35N7O2/c1-4-21-27-26-17-29(21)10-9-23-22(24-15-18(2)28-11-13-31-14-12-28)25-16-19-5-7-20(30-3)8-6-19/h5-8,17-18H,4,9-16H2,1-3H3,(H2,23,24,25). The van der Waals surface area contributed by atoms with Crippen molar-refractivity contribution in [3.63, 3.8) is 0 Å². The van der Waals surface area contributed by atoms with E-state index >= 15 is 0 Å². The zero-order chi connectivity index (χ0) is 21.9. The Kier molecular flexibility index (Phi) is 9.11. The van der Waals surface area contributed by atoms with Gasteiger partial charge in [-0.15, -0.1) is 10.2 Å². The lowest BCUT2D eigenvalue weighted by Gasteiger charge is -2.32. The lowest BCUT2D eigenvalue weighted by Crippen LogP contribution is -2.49. The van der Waals surface area contributed by atoms with Crippen LogP contribution in [0.1, 0.15) is 25.2 Å². The van der Waals surface area contributed by atoms with Crippen LogP contribution in [0.3, 0.4) is 0 Å². The predicted octanol–water partition coefficient (Wildman–Crippen LogP) is 1.31. The number of hydrogen-bond donors (Lipinski definition) is 2. The summed E-state index contributed by atoms with van der Waals surface area (Å²) in [6, 6.07) is 8.41. The highest BCUT2D eigenvalue weighted by molar-refractivity contribution is 5.79. The molecule has 0 amide bonds. The van der Waals surface area contributed by atoms with Crippen LogP contribution >= 0.6 is 0 Å². The van der Waals surface area contributed by atoms with Gasteiger partial charge in [0.1, 0.15) is 17.9 Å². The summed E-state index contributed by atoms with van der Waals surface area (Å²) < 4.78 is 12.8. The first-order valence-electron chi connectivity index (χ1n) is 11.0. The molecular weight excluding hydrogens is 394 g/mol. The quantitative estimate of drug-likeness (QED) is 0.435. The monoisotopic (exact) mass is 429 g/mol. The van der Waals surface area contributed by atoms with E-state index in [0.29, 0.717) is 12.6 Å². The molecule has 9 heteroatoms. The Morgan fingerprint density at radius 1 is 1.23 bits per heavy atom. The van der Waals surface area contributed by atoms with Gasteiger partial charge in [0.05, 0.1) is 26.9 Å². The summed E-state index contributed by atoms with van der Waals surface area (Å²) in [6.07, 6.45) is 2.65. The van der Waals surface area contributed by atoms with Crippen LogP contribution in [0.5, 0.6) is 5.75 Å². The van der Waals surface area contributed by atoms with Crippen molar-refractivity contribution in [3.05, 3.63) is 42.0 Å². The van der Waals surface area contributed by atoms with Gasteiger partial charge >= 0.3 is 0 Å². The van der Waals surface area contributed by atoms with Gasteiger partial charge in [0.15, 0.2) is 5.96 Å². The van der Waals surface area contributed by atoms with Crippen molar-refractivity contribution in [2.24, 2.45) is 4.99 Å². The Balaban J connectivity index is 1.57. The second-order valence-corrected chi connectivity index (χ2v) is 7.61. The van der Waals surface area contributed by atoms with Gasteiger partial charge in [-0.1, -0.05) is 19.1 Å². The normalized spacial score (nSPS) is 16.2. The Hall–Kier alpha value is -2.65. The molecule has 2 aromatic rings. The molecule has 0 spiro atoms.